The molecule has 0 atom stereocenters. The summed E-state index contributed by atoms with van der Waals surface area (Å²) in [6.45, 7) is 2.08. The standard InChI is InChI=1S/C13H15BrN2O4/c1-2-20-13(17)8-15(10-4-5-10)12-7-9(14)3-6-11(12)16(18)19/h3,6-7,10H,2,4-5,8H2,1H3. The molecule has 0 aromatic heterocycles. The van der Waals surface area contributed by atoms with Gasteiger partial charge in [0.05, 0.1) is 11.5 Å². The van der Waals surface area contributed by atoms with Crippen LogP contribution in [0.4, 0.5) is 11.4 Å². The molecule has 0 aliphatic heterocycles. The number of esters is 1. The van der Waals surface area contributed by atoms with Crippen LogP contribution in [0.2, 0.25) is 0 Å². The molecule has 20 heavy (non-hydrogen) atoms. The molecule has 0 amide bonds. The maximum Gasteiger partial charge on any atom is 0.325 e. The number of nitro groups is 1. The van der Waals surface area contributed by atoms with Gasteiger partial charge in [-0.05, 0) is 31.9 Å². The maximum absolute atomic E-state index is 11.7. The molecule has 0 unspecified atom stereocenters. The summed E-state index contributed by atoms with van der Waals surface area (Å²) in [5.74, 6) is -0.367. The van der Waals surface area contributed by atoms with Gasteiger partial charge in [-0.1, -0.05) is 15.9 Å². The lowest BCUT2D eigenvalue weighted by Gasteiger charge is -2.23. The van der Waals surface area contributed by atoms with E-state index in [2.05, 4.69) is 15.9 Å². The van der Waals surface area contributed by atoms with Crippen LogP contribution in [0.15, 0.2) is 22.7 Å². The van der Waals surface area contributed by atoms with Crippen LogP contribution in [-0.2, 0) is 9.53 Å². The minimum absolute atomic E-state index is 0.00407. The molecule has 0 bridgehead atoms. The van der Waals surface area contributed by atoms with E-state index in [0.717, 1.165) is 17.3 Å². The van der Waals surface area contributed by atoms with Gasteiger partial charge in [-0.15, -0.1) is 0 Å². The van der Waals surface area contributed by atoms with Crippen LogP contribution in [0.1, 0.15) is 19.8 Å². The van der Waals surface area contributed by atoms with Gasteiger partial charge in [0.1, 0.15) is 12.2 Å². The third-order valence-electron chi connectivity index (χ3n) is 3.04. The maximum atomic E-state index is 11.7. The highest BCUT2D eigenvalue weighted by molar-refractivity contribution is 9.10. The monoisotopic (exact) mass is 342 g/mol. The van der Waals surface area contributed by atoms with E-state index in [9.17, 15) is 14.9 Å². The first-order chi connectivity index (χ1) is 9.52. The fourth-order valence-corrected chi connectivity index (χ4v) is 2.37. The molecule has 0 heterocycles. The number of halogens is 1. The second kappa shape index (κ2) is 6.21. The molecular weight excluding hydrogens is 328 g/mol. The predicted octanol–water partition coefficient (Wildman–Crippen LogP) is 2.89. The van der Waals surface area contributed by atoms with E-state index in [4.69, 9.17) is 4.74 Å². The lowest BCUT2D eigenvalue weighted by molar-refractivity contribution is -0.384. The number of benzene rings is 1. The number of hydrogen-bond acceptors (Lipinski definition) is 5. The van der Waals surface area contributed by atoms with Crippen molar-refractivity contribution in [3.8, 4) is 0 Å². The Kier molecular flexibility index (Phi) is 4.59. The van der Waals surface area contributed by atoms with E-state index < -0.39 is 4.92 Å². The first-order valence-electron chi connectivity index (χ1n) is 6.39. The van der Waals surface area contributed by atoms with Crippen molar-refractivity contribution in [2.45, 2.75) is 25.8 Å². The molecule has 1 aromatic rings. The van der Waals surface area contributed by atoms with Gasteiger partial charge in [0.25, 0.3) is 5.69 Å². The van der Waals surface area contributed by atoms with Crippen molar-refractivity contribution in [1.29, 1.82) is 0 Å². The highest BCUT2D eigenvalue weighted by Crippen LogP contribution is 2.38. The van der Waals surface area contributed by atoms with E-state index in [1.165, 1.54) is 6.07 Å². The Balaban J connectivity index is 2.31. The Morgan fingerprint density at radius 3 is 2.80 bits per heavy atom. The molecule has 108 valence electrons. The molecule has 6 nitrogen and oxygen atoms in total. The van der Waals surface area contributed by atoms with Gasteiger partial charge in [-0.3, -0.25) is 14.9 Å². The van der Waals surface area contributed by atoms with E-state index in [1.54, 1.807) is 24.0 Å². The number of hydrogen-bond donors (Lipinski definition) is 0. The van der Waals surface area contributed by atoms with Crippen molar-refractivity contribution in [2.24, 2.45) is 0 Å². The number of nitro benzene ring substituents is 1. The van der Waals surface area contributed by atoms with E-state index in [-0.39, 0.29) is 24.2 Å². The summed E-state index contributed by atoms with van der Waals surface area (Å²) in [4.78, 5) is 24.2. The Labute approximate surface area is 125 Å². The Hall–Kier alpha value is -1.63. The Morgan fingerprint density at radius 2 is 2.25 bits per heavy atom. The molecule has 2 rings (SSSR count). The van der Waals surface area contributed by atoms with Crippen LogP contribution < -0.4 is 4.90 Å². The second-order valence-electron chi connectivity index (χ2n) is 4.55. The lowest BCUT2D eigenvalue weighted by Crippen LogP contribution is -2.33. The number of carbonyl (C=O) groups excluding carboxylic acids is 1. The summed E-state index contributed by atoms with van der Waals surface area (Å²) >= 11 is 3.31. The number of ether oxygens (including phenoxy) is 1. The summed E-state index contributed by atoms with van der Waals surface area (Å²) in [5, 5.41) is 11.1. The zero-order valence-corrected chi connectivity index (χ0v) is 12.6. The third kappa shape index (κ3) is 3.47. The highest BCUT2D eigenvalue weighted by atomic mass is 79.9. The van der Waals surface area contributed by atoms with Crippen LogP contribution >= 0.6 is 15.9 Å². The largest absolute Gasteiger partial charge is 0.465 e. The van der Waals surface area contributed by atoms with Crippen molar-refractivity contribution in [3.05, 3.63) is 32.8 Å². The molecule has 1 saturated carbocycles. The number of nitrogens with zero attached hydrogens (tertiary/aromatic N) is 2. The Bertz CT molecular complexity index is 531. The second-order valence-corrected chi connectivity index (χ2v) is 5.47. The van der Waals surface area contributed by atoms with Crippen LogP contribution in [-0.4, -0.2) is 30.1 Å². The predicted molar refractivity (Wildman–Crippen MR) is 77.8 cm³/mol. The number of carbonyl (C=O) groups is 1. The fourth-order valence-electron chi connectivity index (χ4n) is 2.02. The van der Waals surface area contributed by atoms with Crippen LogP contribution in [0.5, 0.6) is 0 Å². The van der Waals surface area contributed by atoms with Crippen molar-refractivity contribution >= 4 is 33.3 Å². The highest BCUT2D eigenvalue weighted by Gasteiger charge is 2.34. The average Bonchev–Trinajstić information content (AvgIpc) is 3.20. The molecular formula is C13H15BrN2O4. The van der Waals surface area contributed by atoms with Crippen molar-refractivity contribution in [2.75, 3.05) is 18.1 Å². The smallest absolute Gasteiger partial charge is 0.325 e. The van der Waals surface area contributed by atoms with E-state index in [0.29, 0.717) is 12.3 Å². The molecule has 0 N–H and O–H groups in total. The van der Waals surface area contributed by atoms with Crippen molar-refractivity contribution < 1.29 is 14.5 Å². The topological polar surface area (TPSA) is 72.7 Å². The SMILES string of the molecule is CCOC(=O)CN(c1cc(Br)ccc1[N+](=O)[O-])C1CC1. The lowest BCUT2D eigenvalue weighted by atomic mass is 10.2. The summed E-state index contributed by atoms with van der Waals surface area (Å²) in [7, 11) is 0. The van der Waals surface area contributed by atoms with Gasteiger partial charge < -0.3 is 9.64 Å². The summed E-state index contributed by atoms with van der Waals surface area (Å²) in [6.07, 6.45) is 1.87. The molecule has 7 heteroatoms. The summed E-state index contributed by atoms with van der Waals surface area (Å²) < 4.78 is 5.68. The molecule has 1 fully saturated rings. The van der Waals surface area contributed by atoms with Crippen LogP contribution in [0.25, 0.3) is 0 Å². The van der Waals surface area contributed by atoms with Crippen LogP contribution in [0.3, 0.4) is 0 Å². The van der Waals surface area contributed by atoms with E-state index in [1.807, 2.05) is 0 Å². The molecule has 1 aliphatic carbocycles. The van der Waals surface area contributed by atoms with Crippen molar-refractivity contribution in [1.82, 2.24) is 0 Å². The molecule has 1 aliphatic rings. The molecule has 0 spiro atoms. The van der Waals surface area contributed by atoms with Gasteiger partial charge >= 0.3 is 5.97 Å². The normalized spacial score (nSPS) is 13.9. The zero-order chi connectivity index (χ0) is 14.7. The van der Waals surface area contributed by atoms with E-state index >= 15 is 0 Å². The average molecular weight is 343 g/mol. The molecule has 0 saturated heterocycles. The van der Waals surface area contributed by atoms with Gasteiger partial charge in [0.15, 0.2) is 0 Å². The fraction of sp³-hybridized carbons (Fsp3) is 0.462. The third-order valence-corrected chi connectivity index (χ3v) is 3.53. The van der Waals surface area contributed by atoms with Gasteiger partial charge in [0, 0.05) is 16.6 Å². The Morgan fingerprint density at radius 1 is 1.55 bits per heavy atom. The van der Waals surface area contributed by atoms with Gasteiger partial charge in [-0.25, -0.2) is 0 Å². The molecule has 1 aromatic carbocycles. The van der Waals surface area contributed by atoms with Gasteiger partial charge in [-0.2, -0.15) is 0 Å². The molecule has 0 radical (unpaired) electrons. The minimum Gasteiger partial charge on any atom is -0.465 e. The first kappa shape index (κ1) is 14.8. The van der Waals surface area contributed by atoms with Crippen molar-refractivity contribution in [3.63, 3.8) is 0 Å². The summed E-state index contributed by atoms with van der Waals surface area (Å²) in [5.41, 5.74) is 0.462. The van der Waals surface area contributed by atoms with Gasteiger partial charge in [0.2, 0.25) is 0 Å². The van der Waals surface area contributed by atoms with Crippen LogP contribution in [0, 0.1) is 10.1 Å². The number of anilines is 1. The summed E-state index contributed by atoms with van der Waals surface area (Å²) in [6, 6.07) is 4.92. The zero-order valence-electron chi connectivity index (χ0n) is 11.0. The first-order valence-corrected chi connectivity index (χ1v) is 7.18. The quantitative estimate of drug-likeness (QED) is 0.451. The number of rotatable bonds is 6. The minimum atomic E-state index is -0.428.